The normalized spacial score (nSPS) is 31.9. The number of halogens is 1. The fourth-order valence-electron chi connectivity index (χ4n) is 8.01. The molecule has 2 aliphatic carbocycles. The number of methoxy groups -OCH3 is 2. The number of sulfonamides is 1. The number of carbonyl (C=O) groups is 1. The van der Waals surface area contributed by atoms with Crippen molar-refractivity contribution in [2.75, 3.05) is 45.4 Å². The Bertz CT molecular complexity index is 1730. The first kappa shape index (κ1) is 34.8. The molecule has 6 atom stereocenters. The highest BCUT2D eigenvalue weighted by Gasteiger charge is 2.48. The van der Waals surface area contributed by atoms with Crippen LogP contribution in [-0.4, -0.2) is 65.7 Å². The first-order valence-electron chi connectivity index (χ1n) is 17.1. The van der Waals surface area contributed by atoms with E-state index in [1.807, 2.05) is 31.2 Å². The summed E-state index contributed by atoms with van der Waals surface area (Å²) in [5.74, 6) is 6.95. The summed E-state index contributed by atoms with van der Waals surface area (Å²) in [5.41, 5.74) is 2.47. The van der Waals surface area contributed by atoms with Crippen LogP contribution in [0.1, 0.15) is 73.9 Å². The zero-order chi connectivity index (χ0) is 34.1. The summed E-state index contributed by atoms with van der Waals surface area (Å²) < 4.78 is 47.5. The Morgan fingerprint density at radius 3 is 2.73 bits per heavy atom. The molecule has 2 heterocycles. The number of hydrogen-bond donors (Lipinski definition) is 1. The highest BCUT2D eigenvalue weighted by atomic mass is 35.5. The van der Waals surface area contributed by atoms with E-state index in [1.54, 1.807) is 33.3 Å². The van der Waals surface area contributed by atoms with Crippen LogP contribution in [0.3, 0.4) is 0 Å². The van der Waals surface area contributed by atoms with Crippen LogP contribution in [0.4, 0.5) is 5.69 Å². The van der Waals surface area contributed by atoms with Crippen molar-refractivity contribution in [1.29, 1.82) is 0 Å². The van der Waals surface area contributed by atoms with E-state index in [1.165, 1.54) is 11.1 Å². The van der Waals surface area contributed by atoms with Gasteiger partial charge in [0.25, 0.3) is 5.91 Å². The molecule has 48 heavy (non-hydrogen) atoms. The smallest absolute Gasteiger partial charge is 0.264 e. The third-order valence-corrected chi connectivity index (χ3v) is 13.3. The topological polar surface area (TPSA) is 94.2 Å². The average molecular weight is 695 g/mol. The van der Waals surface area contributed by atoms with E-state index >= 15 is 0 Å². The summed E-state index contributed by atoms with van der Waals surface area (Å²) in [5, 5.41) is -0.0728. The molecule has 10 heteroatoms. The molecule has 6 rings (SSSR count). The largest absolute Gasteiger partial charge is 0.490 e. The molecule has 0 aromatic heterocycles. The van der Waals surface area contributed by atoms with Crippen LogP contribution in [0.25, 0.3) is 0 Å². The van der Waals surface area contributed by atoms with Crippen LogP contribution in [0, 0.1) is 29.6 Å². The average Bonchev–Trinajstić information content (AvgIpc) is 3.20. The van der Waals surface area contributed by atoms with Crippen LogP contribution < -0.4 is 14.4 Å². The molecule has 0 saturated heterocycles. The van der Waals surface area contributed by atoms with Crippen molar-refractivity contribution >= 4 is 33.2 Å². The molecule has 258 valence electrons. The maximum absolute atomic E-state index is 13.5. The summed E-state index contributed by atoms with van der Waals surface area (Å²) in [6.07, 6.45) is 10.0. The van der Waals surface area contributed by atoms with Crippen molar-refractivity contribution in [1.82, 2.24) is 4.72 Å². The van der Waals surface area contributed by atoms with Crippen molar-refractivity contribution < 1.29 is 27.4 Å². The third kappa shape index (κ3) is 6.74. The van der Waals surface area contributed by atoms with E-state index in [0.29, 0.717) is 44.9 Å². The number of fused-ring (bicyclic) bond motifs is 4. The van der Waals surface area contributed by atoms with Crippen molar-refractivity contribution in [3.63, 3.8) is 0 Å². The lowest BCUT2D eigenvalue weighted by atomic mass is 9.64. The Hall–Kier alpha value is -3.03. The van der Waals surface area contributed by atoms with Gasteiger partial charge >= 0.3 is 0 Å². The van der Waals surface area contributed by atoms with Crippen molar-refractivity contribution in [2.24, 2.45) is 17.8 Å². The molecule has 1 N–H and O–H groups in total. The molecular weight excluding hydrogens is 648 g/mol. The number of rotatable bonds is 3. The second kappa shape index (κ2) is 14.1. The van der Waals surface area contributed by atoms with Crippen LogP contribution in [0.15, 0.2) is 48.6 Å². The fraction of sp³-hybridized carbons (Fsp3) is 0.553. The number of amides is 1. The standard InChI is InChI=1S/C38H47ClN2O6S/c1-26-9-7-19-38(46-4,18-5-6-20-45-3)33-14-11-30(33)23-41-24-37(17-8-10-28-21-31(39)13-15-32(28)37)25-47-35-16-12-29(22-34(35)41)36(42)40-48(43,44)27(26)2/h7,12-13,15-16,19,21-22,26-27,30,33H,6,8-11,14,17,20,23-25H2,1-4H3,(H,40,42)/b19-7-/t26-,27+,30-,33+,37-,38-/m0/s1. The number of aryl methyl sites for hydroxylation is 1. The van der Waals surface area contributed by atoms with Gasteiger partial charge in [-0.05, 0) is 105 Å². The van der Waals surface area contributed by atoms with Gasteiger partial charge in [-0.2, -0.15) is 0 Å². The van der Waals surface area contributed by atoms with Gasteiger partial charge < -0.3 is 19.1 Å². The fourth-order valence-corrected chi connectivity index (χ4v) is 9.49. The van der Waals surface area contributed by atoms with E-state index in [0.717, 1.165) is 42.8 Å². The first-order chi connectivity index (χ1) is 23.0. The molecule has 1 saturated carbocycles. The number of ether oxygens (including phenoxy) is 3. The number of hydrogen-bond acceptors (Lipinski definition) is 7. The molecule has 4 aliphatic rings. The van der Waals surface area contributed by atoms with Gasteiger partial charge in [-0.3, -0.25) is 4.79 Å². The maximum Gasteiger partial charge on any atom is 0.264 e. The van der Waals surface area contributed by atoms with E-state index in [4.69, 9.17) is 25.8 Å². The van der Waals surface area contributed by atoms with E-state index < -0.39 is 26.8 Å². The molecule has 1 fully saturated rings. The third-order valence-electron chi connectivity index (χ3n) is 11.2. The second-order valence-corrected chi connectivity index (χ2v) is 16.5. The monoisotopic (exact) mass is 694 g/mol. The molecule has 1 spiro atoms. The summed E-state index contributed by atoms with van der Waals surface area (Å²) in [4.78, 5) is 15.9. The Balaban J connectivity index is 1.46. The van der Waals surface area contributed by atoms with Crippen LogP contribution in [0.2, 0.25) is 5.02 Å². The SMILES string of the molecule is COCCC#C[C@]1(OC)/C=C\C[C@H](C)[C@@H](C)S(=O)(=O)NC(=O)c2ccc3c(c2)N(C[C@@H]2CC[C@H]21)C[C@@]1(CCCc2cc(Cl)ccc21)CO3. The molecule has 2 bridgehead atoms. The Kier molecular flexibility index (Phi) is 10.2. The molecule has 2 aliphatic heterocycles. The van der Waals surface area contributed by atoms with Gasteiger partial charge in [-0.1, -0.05) is 42.5 Å². The van der Waals surface area contributed by atoms with Crippen LogP contribution in [-0.2, 0) is 31.3 Å². The number of benzene rings is 2. The summed E-state index contributed by atoms with van der Waals surface area (Å²) in [7, 11) is -0.577. The second-order valence-electron chi connectivity index (χ2n) is 14.1. The number of allylic oxidation sites excluding steroid dienone is 1. The van der Waals surface area contributed by atoms with E-state index in [2.05, 4.69) is 33.6 Å². The molecular formula is C38H47ClN2O6S. The highest BCUT2D eigenvalue weighted by Crippen LogP contribution is 2.49. The summed E-state index contributed by atoms with van der Waals surface area (Å²) in [6, 6.07) is 11.5. The lowest BCUT2D eigenvalue weighted by Gasteiger charge is -2.48. The lowest BCUT2D eigenvalue weighted by Crippen LogP contribution is -2.52. The minimum absolute atomic E-state index is 0.116. The van der Waals surface area contributed by atoms with Gasteiger partial charge in [-0.25, -0.2) is 13.1 Å². The van der Waals surface area contributed by atoms with Gasteiger partial charge in [-0.15, -0.1) is 0 Å². The molecule has 0 unspecified atom stereocenters. The van der Waals surface area contributed by atoms with E-state index in [-0.39, 0.29) is 28.7 Å². The summed E-state index contributed by atoms with van der Waals surface area (Å²) >= 11 is 6.45. The predicted octanol–water partition coefficient (Wildman–Crippen LogP) is 6.31. The Morgan fingerprint density at radius 1 is 1.15 bits per heavy atom. The molecule has 8 nitrogen and oxygen atoms in total. The zero-order valence-corrected chi connectivity index (χ0v) is 30.0. The van der Waals surface area contributed by atoms with Gasteiger partial charge in [0.1, 0.15) is 11.4 Å². The number of nitrogens with one attached hydrogen (secondary N) is 1. The minimum Gasteiger partial charge on any atom is -0.490 e. The Morgan fingerprint density at radius 2 is 1.98 bits per heavy atom. The maximum atomic E-state index is 13.5. The number of nitrogens with zero attached hydrogens (tertiary/aromatic N) is 1. The van der Waals surface area contributed by atoms with Gasteiger partial charge in [0.15, 0.2) is 0 Å². The predicted molar refractivity (Wildman–Crippen MR) is 189 cm³/mol. The first-order valence-corrected chi connectivity index (χ1v) is 19.0. The minimum atomic E-state index is -3.96. The van der Waals surface area contributed by atoms with Gasteiger partial charge in [0.05, 0.1) is 24.2 Å². The summed E-state index contributed by atoms with van der Waals surface area (Å²) in [6.45, 7) is 5.95. The Labute approximate surface area is 290 Å². The van der Waals surface area contributed by atoms with Crippen molar-refractivity contribution in [3.05, 3.63) is 70.3 Å². The zero-order valence-electron chi connectivity index (χ0n) is 28.4. The number of carbonyl (C=O) groups excluding carboxylic acids is 1. The lowest BCUT2D eigenvalue weighted by molar-refractivity contribution is -0.0351. The van der Waals surface area contributed by atoms with E-state index in [9.17, 15) is 13.2 Å². The van der Waals surface area contributed by atoms with Crippen molar-refractivity contribution in [2.45, 2.75) is 75.1 Å². The molecule has 1 amide bonds. The van der Waals surface area contributed by atoms with Crippen LogP contribution in [0.5, 0.6) is 5.75 Å². The number of anilines is 1. The quantitative estimate of drug-likeness (QED) is 0.229. The highest BCUT2D eigenvalue weighted by molar-refractivity contribution is 7.90. The van der Waals surface area contributed by atoms with Gasteiger partial charge in [0.2, 0.25) is 10.0 Å². The van der Waals surface area contributed by atoms with Gasteiger partial charge in [0, 0.05) is 55.6 Å². The molecule has 2 aromatic rings. The molecule has 2 aromatic carbocycles. The van der Waals surface area contributed by atoms with Crippen LogP contribution >= 0.6 is 11.6 Å². The molecule has 0 radical (unpaired) electrons. The van der Waals surface area contributed by atoms with Crippen molar-refractivity contribution in [3.8, 4) is 17.6 Å².